The number of carboxylic acids is 1. The number of aryl methyl sites for hydroxylation is 2. The summed E-state index contributed by atoms with van der Waals surface area (Å²) in [6.45, 7) is 11.6. The second kappa shape index (κ2) is 6.71. The fourth-order valence-corrected chi connectivity index (χ4v) is 2.40. The summed E-state index contributed by atoms with van der Waals surface area (Å²) in [5, 5.41) is 9.05. The highest BCUT2D eigenvalue weighted by atomic mass is 16.4. The molecule has 0 aliphatic heterocycles. The minimum atomic E-state index is -0.730. The number of rotatable bonds is 6. The van der Waals surface area contributed by atoms with Gasteiger partial charge < -0.3 is 5.11 Å². The second-order valence-corrected chi connectivity index (χ2v) is 5.36. The van der Waals surface area contributed by atoms with Crippen molar-refractivity contribution in [3.63, 3.8) is 0 Å². The van der Waals surface area contributed by atoms with E-state index in [4.69, 9.17) is 5.11 Å². The van der Waals surface area contributed by atoms with E-state index in [0.29, 0.717) is 6.54 Å². The van der Waals surface area contributed by atoms with Gasteiger partial charge in [0.15, 0.2) is 0 Å². The fourth-order valence-electron chi connectivity index (χ4n) is 2.40. The Morgan fingerprint density at radius 3 is 2.47 bits per heavy atom. The van der Waals surface area contributed by atoms with Gasteiger partial charge in [-0.05, 0) is 38.4 Å². The maximum Gasteiger partial charge on any atom is 0.307 e. The molecular formula is C16H25NO2. The van der Waals surface area contributed by atoms with E-state index in [0.717, 1.165) is 6.54 Å². The van der Waals surface area contributed by atoms with Crippen LogP contribution in [0.25, 0.3) is 0 Å². The Balaban J connectivity index is 2.91. The van der Waals surface area contributed by atoms with Gasteiger partial charge in [-0.1, -0.05) is 37.6 Å². The Bertz CT molecular complexity index is 442. The van der Waals surface area contributed by atoms with Crippen molar-refractivity contribution in [2.24, 2.45) is 5.92 Å². The first-order valence-corrected chi connectivity index (χ1v) is 6.90. The topological polar surface area (TPSA) is 40.5 Å². The predicted octanol–water partition coefficient (Wildman–Crippen LogP) is 3.41. The zero-order valence-electron chi connectivity index (χ0n) is 12.6. The van der Waals surface area contributed by atoms with Gasteiger partial charge in [0.1, 0.15) is 0 Å². The van der Waals surface area contributed by atoms with Gasteiger partial charge in [0.05, 0.1) is 5.92 Å². The molecule has 106 valence electrons. The van der Waals surface area contributed by atoms with Gasteiger partial charge in [0.25, 0.3) is 0 Å². The quantitative estimate of drug-likeness (QED) is 0.855. The summed E-state index contributed by atoms with van der Waals surface area (Å²) in [5.41, 5.74) is 3.80. The van der Waals surface area contributed by atoms with Crippen molar-refractivity contribution in [3.8, 4) is 0 Å². The summed E-state index contributed by atoms with van der Waals surface area (Å²) in [5.74, 6) is -1.07. The van der Waals surface area contributed by atoms with Crippen molar-refractivity contribution in [2.75, 3.05) is 13.1 Å². The highest BCUT2D eigenvalue weighted by Gasteiger charge is 2.21. The molecule has 1 rings (SSSR count). The summed E-state index contributed by atoms with van der Waals surface area (Å²) < 4.78 is 0. The Hall–Kier alpha value is -1.35. The number of benzene rings is 1. The molecular weight excluding hydrogens is 238 g/mol. The van der Waals surface area contributed by atoms with Gasteiger partial charge in [-0.25, -0.2) is 0 Å². The lowest BCUT2D eigenvalue weighted by atomic mass is 9.98. The molecule has 1 aromatic rings. The van der Waals surface area contributed by atoms with Crippen LogP contribution in [0.2, 0.25) is 0 Å². The van der Waals surface area contributed by atoms with E-state index >= 15 is 0 Å². The summed E-state index contributed by atoms with van der Waals surface area (Å²) >= 11 is 0. The largest absolute Gasteiger partial charge is 0.481 e. The first-order valence-electron chi connectivity index (χ1n) is 6.90. The molecule has 0 aliphatic rings. The van der Waals surface area contributed by atoms with E-state index in [1.54, 1.807) is 6.92 Å². The van der Waals surface area contributed by atoms with E-state index in [-0.39, 0.29) is 12.0 Å². The first kappa shape index (κ1) is 15.7. The zero-order chi connectivity index (χ0) is 14.6. The Morgan fingerprint density at radius 1 is 1.32 bits per heavy atom. The highest BCUT2D eigenvalue weighted by Crippen LogP contribution is 2.25. The first-order chi connectivity index (χ1) is 8.86. The Labute approximate surface area is 116 Å². The molecule has 0 aromatic heterocycles. The maximum absolute atomic E-state index is 11.0. The molecule has 2 unspecified atom stereocenters. The molecule has 0 spiro atoms. The van der Waals surface area contributed by atoms with Crippen LogP contribution in [0.4, 0.5) is 0 Å². The molecule has 0 amide bonds. The molecule has 3 heteroatoms. The fraction of sp³-hybridized carbons (Fsp3) is 0.562. The molecule has 2 atom stereocenters. The van der Waals surface area contributed by atoms with E-state index in [9.17, 15) is 4.79 Å². The van der Waals surface area contributed by atoms with Gasteiger partial charge in [0.2, 0.25) is 0 Å². The molecule has 1 N–H and O–H groups in total. The number of nitrogens with zero attached hydrogens (tertiary/aromatic N) is 1. The summed E-state index contributed by atoms with van der Waals surface area (Å²) in [6, 6.07) is 6.69. The van der Waals surface area contributed by atoms with Crippen LogP contribution >= 0.6 is 0 Å². The lowest BCUT2D eigenvalue weighted by molar-refractivity contribution is -0.141. The van der Waals surface area contributed by atoms with Crippen molar-refractivity contribution in [1.29, 1.82) is 0 Å². The third-order valence-electron chi connectivity index (χ3n) is 3.77. The van der Waals surface area contributed by atoms with Crippen LogP contribution in [0.15, 0.2) is 18.2 Å². The SMILES string of the molecule is CCN(CC(C)C(=O)O)C(C)c1cc(C)ccc1C. The number of carbonyl (C=O) groups is 1. The monoisotopic (exact) mass is 263 g/mol. The third kappa shape index (κ3) is 4.06. The van der Waals surface area contributed by atoms with Crippen molar-refractivity contribution in [1.82, 2.24) is 4.90 Å². The van der Waals surface area contributed by atoms with Gasteiger partial charge in [-0.15, -0.1) is 0 Å². The van der Waals surface area contributed by atoms with Crippen LogP contribution in [0, 0.1) is 19.8 Å². The minimum Gasteiger partial charge on any atom is -0.481 e. The molecule has 3 nitrogen and oxygen atoms in total. The molecule has 0 fully saturated rings. The van der Waals surface area contributed by atoms with Crippen molar-refractivity contribution >= 4 is 5.97 Å². The predicted molar refractivity (Wildman–Crippen MR) is 78.4 cm³/mol. The lowest BCUT2D eigenvalue weighted by Crippen LogP contribution is -2.34. The Kier molecular flexibility index (Phi) is 5.55. The van der Waals surface area contributed by atoms with E-state index in [2.05, 4.69) is 50.8 Å². The van der Waals surface area contributed by atoms with Gasteiger partial charge in [-0.3, -0.25) is 9.69 Å². The molecule has 19 heavy (non-hydrogen) atoms. The molecule has 0 saturated heterocycles. The van der Waals surface area contributed by atoms with Crippen LogP contribution in [0.5, 0.6) is 0 Å². The maximum atomic E-state index is 11.0. The molecule has 0 aliphatic carbocycles. The van der Waals surface area contributed by atoms with Crippen molar-refractivity contribution in [3.05, 3.63) is 34.9 Å². The van der Waals surface area contributed by atoms with E-state index < -0.39 is 5.97 Å². The van der Waals surface area contributed by atoms with Gasteiger partial charge >= 0.3 is 5.97 Å². The lowest BCUT2D eigenvalue weighted by Gasteiger charge is -2.30. The standard InChI is InChI=1S/C16H25NO2/c1-6-17(10-13(4)16(18)19)14(5)15-9-11(2)7-8-12(15)3/h7-9,13-14H,6,10H2,1-5H3,(H,18,19). The molecule has 0 heterocycles. The average molecular weight is 263 g/mol. The minimum absolute atomic E-state index is 0.242. The van der Waals surface area contributed by atoms with Crippen LogP contribution in [0.3, 0.4) is 0 Å². The zero-order valence-corrected chi connectivity index (χ0v) is 12.6. The van der Waals surface area contributed by atoms with E-state index in [1.165, 1.54) is 16.7 Å². The van der Waals surface area contributed by atoms with Crippen LogP contribution in [-0.2, 0) is 4.79 Å². The summed E-state index contributed by atoms with van der Waals surface area (Å²) in [6.07, 6.45) is 0. The normalized spacial score (nSPS) is 14.4. The van der Waals surface area contributed by atoms with Crippen LogP contribution in [0.1, 0.15) is 43.5 Å². The summed E-state index contributed by atoms with van der Waals surface area (Å²) in [4.78, 5) is 13.2. The smallest absolute Gasteiger partial charge is 0.307 e. The second-order valence-electron chi connectivity index (χ2n) is 5.36. The number of carboxylic acid groups (broad SMARTS) is 1. The number of hydrogen-bond acceptors (Lipinski definition) is 2. The van der Waals surface area contributed by atoms with Crippen LogP contribution in [-0.4, -0.2) is 29.1 Å². The van der Waals surface area contributed by atoms with Crippen LogP contribution < -0.4 is 0 Å². The molecule has 1 aromatic carbocycles. The van der Waals surface area contributed by atoms with E-state index in [1.807, 2.05) is 0 Å². The highest BCUT2D eigenvalue weighted by molar-refractivity contribution is 5.69. The average Bonchev–Trinajstić information content (AvgIpc) is 2.37. The number of hydrogen-bond donors (Lipinski definition) is 1. The van der Waals surface area contributed by atoms with Gasteiger partial charge in [-0.2, -0.15) is 0 Å². The third-order valence-corrected chi connectivity index (χ3v) is 3.77. The molecule has 0 radical (unpaired) electrons. The van der Waals surface area contributed by atoms with Crippen molar-refractivity contribution in [2.45, 2.75) is 40.7 Å². The van der Waals surface area contributed by atoms with Crippen molar-refractivity contribution < 1.29 is 9.90 Å². The Morgan fingerprint density at radius 2 is 1.95 bits per heavy atom. The molecule has 0 bridgehead atoms. The van der Waals surface area contributed by atoms with Gasteiger partial charge in [0, 0.05) is 12.6 Å². The summed E-state index contributed by atoms with van der Waals surface area (Å²) in [7, 11) is 0. The number of aliphatic carboxylic acids is 1. The molecule has 0 saturated carbocycles.